The summed E-state index contributed by atoms with van der Waals surface area (Å²) >= 11 is 0. The highest BCUT2D eigenvalue weighted by molar-refractivity contribution is 5.81. The molecule has 0 bridgehead atoms. The predicted molar refractivity (Wildman–Crippen MR) is 47.8 cm³/mol. The van der Waals surface area contributed by atoms with E-state index in [-0.39, 0.29) is 6.10 Å². The lowest BCUT2D eigenvalue weighted by Crippen LogP contribution is -2.08. The largest absolute Gasteiger partial charge is 0.393 e. The van der Waals surface area contributed by atoms with Crippen LogP contribution in [0.2, 0.25) is 0 Å². The summed E-state index contributed by atoms with van der Waals surface area (Å²) in [6.45, 7) is 3.94. The van der Waals surface area contributed by atoms with Crippen molar-refractivity contribution in [3.05, 3.63) is 0 Å². The summed E-state index contributed by atoms with van der Waals surface area (Å²) in [7, 11) is 0. The molecule has 0 aliphatic heterocycles. The second kappa shape index (κ2) is 4.04. The van der Waals surface area contributed by atoms with Crippen LogP contribution in [0.4, 0.5) is 0 Å². The minimum atomic E-state index is -0.215. The highest BCUT2D eigenvalue weighted by Gasteiger charge is 2.29. The van der Waals surface area contributed by atoms with Crippen LogP contribution < -0.4 is 0 Å². The van der Waals surface area contributed by atoms with E-state index >= 15 is 0 Å². The monoisotopic (exact) mass is 170 g/mol. The third-order valence-corrected chi connectivity index (χ3v) is 2.80. The second-order valence-electron chi connectivity index (χ2n) is 4.11. The zero-order valence-electron chi connectivity index (χ0n) is 7.92. The maximum absolute atomic E-state index is 11.0. The van der Waals surface area contributed by atoms with Gasteiger partial charge in [0.05, 0.1) is 6.10 Å². The highest BCUT2D eigenvalue weighted by Crippen LogP contribution is 2.32. The summed E-state index contributed by atoms with van der Waals surface area (Å²) in [5, 5.41) is 9.08. The van der Waals surface area contributed by atoms with Crippen molar-refractivity contribution in [3.63, 3.8) is 0 Å². The standard InChI is InChI=1S/C10H18O2/c1-7-5-10(12)6-9(7)4-3-8(2)11/h7-9,11H,3-6H2,1-2H3. The zero-order valence-corrected chi connectivity index (χ0v) is 7.92. The summed E-state index contributed by atoms with van der Waals surface area (Å²) < 4.78 is 0. The van der Waals surface area contributed by atoms with E-state index in [1.165, 1.54) is 0 Å². The van der Waals surface area contributed by atoms with Crippen LogP contribution in [-0.4, -0.2) is 17.0 Å². The number of aliphatic hydroxyl groups is 1. The van der Waals surface area contributed by atoms with E-state index < -0.39 is 0 Å². The van der Waals surface area contributed by atoms with Gasteiger partial charge >= 0.3 is 0 Å². The van der Waals surface area contributed by atoms with Gasteiger partial charge in [-0.05, 0) is 31.6 Å². The van der Waals surface area contributed by atoms with Crippen LogP contribution in [0, 0.1) is 11.8 Å². The van der Waals surface area contributed by atoms with Gasteiger partial charge in [0.15, 0.2) is 0 Å². The lowest BCUT2D eigenvalue weighted by Gasteiger charge is -2.14. The van der Waals surface area contributed by atoms with Crippen molar-refractivity contribution in [1.82, 2.24) is 0 Å². The summed E-state index contributed by atoms with van der Waals surface area (Å²) in [5.41, 5.74) is 0. The first-order valence-corrected chi connectivity index (χ1v) is 4.79. The molecular formula is C10H18O2. The summed E-state index contributed by atoms with van der Waals surface area (Å²) in [4.78, 5) is 11.0. The molecule has 0 amide bonds. The number of aliphatic hydroxyl groups excluding tert-OH is 1. The van der Waals surface area contributed by atoms with E-state index in [2.05, 4.69) is 6.92 Å². The highest BCUT2D eigenvalue weighted by atomic mass is 16.3. The number of carbonyl (C=O) groups is 1. The van der Waals surface area contributed by atoms with Crippen molar-refractivity contribution >= 4 is 5.78 Å². The molecule has 0 saturated heterocycles. The number of rotatable bonds is 3. The van der Waals surface area contributed by atoms with Crippen LogP contribution in [0.3, 0.4) is 0 Å². The van der Waals surface area contributed by atoms with Gasteiger partial charge in [0.2, 0.25) is 0 Å². The SMILES string of the molecule is CC(O)CCC1CC(=O)CC1C. The van der Waals surface area contributed by atoms with Crippen molar-refractivity contribution in [2.75, 3.05) is 0 Å². The summed E-state index contributed by atoms with van der Waals surface area (Å²) in [5.74, 6) is 1.47. The Labute approximate surface area is 74.0 Å². The van der Waals surface area contributed by atoms with E-state index in [0.717, 1.165) is 25.7 Å². The quantitative estimate of drug-likeness (QED) is 0.700. The van der Waals surface area contributed by atoms with Gasteiger partial charge in [-0.25, -0.2) is 0 Å². The molecule has 0 radical (unpaired) electrons. The molecular weight excluding hydrogens is 152 g/mol. The Morgan fingerprint density at radius 2 is 2.25 bits per heavy atom. The maximum atomic E-state index is 11.0. The topological polar surface area (TPSA) is 37.3 Å². The van der Waals surface area contributed by atoms with Crippen molar-refractivity contribution < 1.29 is 9.90 Å². The second-order valence-corrected chi connectivity index (χ2v) is 4.11. The van der Waals surface area contributed by atoms with Gasteiger partial charge < -0.3 is 5.11 Å². The Bertz CT molecular complexity index is 163. The molecule has 1 aliphatic carbocycles. The van der Waals surface area contributed by atoms with Crippen LogP contribution in [0.15, 0.2) is 0 Å². The van der Waals surface area contributed by atoms with Crippen molar-refractivity contribution in [2.24, 2.45) is 11.8 Å². The molecule has 0 aromatic heterocycles. The molecule has 3 unspecified atom stereocenters. The number of hydrogen-bond donors (Lipinski definition) is 1. The molecule has 1 N–H and O–H groups in total. The minimum absolute atomic E-state index is 0.215. The third-order valence-electron chi connectivity index (χ3n) is 2.80. The van der Waals surface area contributed by atoms with Crippen molar-refractivity contribution in [3.8, 4) is 0 Å². The summed E-state index contributed by atoms with van der Waals surface area (Å²) in [6.07, 6.45) is 3.12. The van der Waals surface area contributed by atoms with Gasteiger partial charge in [-0.15, -0.1) is 0 Å². The van der Waals surface area contributed by atoms with Gasteiger partial charge in [0.1, 0.15) is 5.78 Å². The first kappa shape index (κ1) is 9.72. The van der Waals surface area contributed by atoms with Gasteiger partial charge in [0, 0.05) is 12.8 Å². The van der Waals surface area contributed by atoms with Crippen LogP contribution in [0.5, 0.6) is 0 Å². The van der Waals surface area contributed by atoms with E-state index in [4.69, 9.17) is 5.11 Å². The molecule has 0 heterocycles. The Hall–Kier alpha value is -0.370. The Morgan fingerprint density at radius 3 is 2.67 bits per heavy atom. The van der Waals surface area contributed by atoms with E-state index in [9.17, 15) is 4.79 Å². The zero-order chi connectivity index (χ0) is 9.14. The predicted octanol–water partition coefficient (Wildman–Crippen LogP) is 1.76. The van der Waals surface area contributed by atoms with Gasteiger partial charge in [-0.2, -0.15) is 0 Å². The van der Waals surface area contributed by atoms with Crippen LogP contribution in [-0.2, 0) is 4.79 Å². The molecule has 2 heteroatoms. The van der Waals surface area contributed by atoms with E-state index in [1.54, 1.807) is 6.92 Å². The molecule has 70 valence electrons. The molecule has 1 rings (SSSR count). The molecule has 0 aromatic rings. The van der Waals surface area contributed by atoms with Crippen LogP contribution >= 0.6 is 0 Å². The van der Waals surface area contributed by atoms with E-state index in [1.807, 2.05) is 0 Å². The fraction of sp³-hybridized carbons (Fsp3) is 0.900. The average Bonchev–Trinajstić information content (AvgIpc) is 2.26. The number of hydrogen-bond acceptors (Lipinski definition) is 2. The van der Waals surface area contributed by atoms with Crippen molar-refractivity contribution in [1.29, 1.82) is 0 Å². The average molecular weight is 170 g/mol. The number of carbonyl (C=O) groups excluding carboxylic acids is 1. The molecule has 3 atom stereocenters. The van der Waals surface area contributed by atoms with Gasteiger partial charge in [-0.1, -0.05) is 6.92 Å². The fourth-order valence-electron chi connectivity index (χ4n) is 1.94. The van der Waals surface area contributed by atoms with E-state index in [0.29, 0.717) is 17.6 Å². The summed E-state index contributed by atoms with van der Waals surface area (Å²) in [6, 6.07) is 0. The third kappa shape index (κ3) is 2.59. The molecule has 2 nitrogen and oxygen atoms in total. The maximum Gasteiger partial charge on any atom is 0.133 e. The Balaban J connectivity index is 2.28. The molecule has 1 fully saturated rings. The molecule has 1 saturated carbocycles. The lowest BCUT2D eigenvalue weighted by atomic mass is 9.92. The van der Waals surface area contributed by atoms with Crippen molar-refractivity contribution in [2.45, 2.75) is 45.6 Å². The lowest BCUT2D eigenvalue weighted by molar-refractivity contribution is -0.117. The number of ketones is 1. The molecule has 1 aliphatic rings. The fourth-order valence-corrected chi connectivity index (χ4v) is 1.94. The smallest absolute Gasteiger partial charge is 0.133 e. The van der Waals surface area contributed by atoms with Crippen LogP contribution in [0.25, 0.3) is 0 Å². The molecule has 12 heavy (non-hydrogen) atoms. The van der Waals surface area contributed by atoms with Crippen LogP contribution in [0.1, 0.15) is 39.5 Å². The Morgan fingerprint density at radius 1 is 1.58 bits per heavy atom. The first-order chi connectivity index (χ1) is 5.59. The Kier molecular flexibility index (Phi) is 3.27. The minimum Gasteiger partial charge on any atom is -0.393 e. The molecule has 0 aromatic carbocycles. The van der Waals surface area contributed by atoms with Gasteiger partial charge in [-0.3, -0.25) is 4.79 Å². The van der Waals surface area contributed by atoms with Gasteiger partial charge in [0.25, 0.3) is 0 Å². The normalized spacial score (nSPS) is 32.4. The number of Topliss-reactive ketones (excluding diaryl/α,β-unsaturated/α-hetero) is 1. The molecule has 0 spiro atoms. The first-order valence-electron chi connectivity index (χ1n) is 4.79.